The van der Waals surface area contributed by atoms with E-state index in [1.54, 1.807) is 18.0 Å². The molecule has 0 unspecified atom stereocenters. The van der Waals surface area contributed by atoms with Crippen LogP contribution in [0.2, 0.25) is 0 Å². The van der Waals surface area contributed by atoms with E-state index in [9.17, 15) is 4.79 Å². The van der Waals surface area contributed by atoms with Crippen LogP contribution in [0.4, 0.5) is 5.69 Å². The van der Waals surface area contributed by atoms with Gasteiger partial charge in [0, 0.05) is 28.7 Å². The summed E-state index contributed by atoms with van der Waals surface area (Å²) >= 11 is 1.75. The van der Waals surface area contributed by atoms with E-state index in [0.29, 0.717) is 0 Å². The number of anilines is 1. The highest BCUT2D eigenvalue weighted by molar-refractivity contribution is 7.98. The number of nitrogens with zero attached hydrogens (tertiary/aromatic N) is 1. The van der Waals surface area contributed by atoms with Crippen LogP contribution in [0.15, 0.2) is 53.7 Å². The zero-order valence-electron chi connectivity index (χ0n) is 14.5. The lowest BCUT2D eigenvalue weighted by Gasteiger charge is -2.22. The van der Waals surface area contributed by atoms with Crippen molar-refractivity contribution in [2.75, 3.05) is 25.0 Å². The van der Waals surface area contributed by atoms with Crippen molar-refractivity contribution in [1.29, 1.82) is 0 Å². The normalized spacial score (nSPS) is 14.5. The predicted octanol–water partition coefficient (Wildman–Crippen LogP) is 3.50. The Bertz CT molecular complexity index is 664. The molecule has 1 aromatic heterocycles. The Balaban J connectivity index is 0.00000243. The monoisotopic (exact) mass is 393 g/mol. The summed E-state index contributed by atoms with van der Waals surface area (Å²) in [7, 11) is 0. The molecule has 0 spiro atoms. The summed E-state index contributed by atoms with van der Waals surface area (Å²) in [6.45, 7) is 2.04. The van der Waals surface area contributed by atoms with Gasteiger partial charge in [-0.25, -0.2) is 0 Å². The lowest BCUT2D eigenvalue weighted by atomic mass is 10.1. The van der Waals surface area contributed by atoms with Crippen molar-refractivity contribution in [1.82, 2.24) is 10.3 Å². The standard InChI is InChI=1S/C19H23N3O2S.ClH/c23-19(13-24-17-7-10-20-11-8-17)22-16-3-5-18(6-4-16)25-14-15-2-1-9-21-12-15;/h1-6,9,12,17,20H,7-8,10-11,13-14H2,(H,22,23);1H. The molecule has 0 saturated carbocycles. The van der Waals surface area contributed by atoms with Gasteiger partial charge in [0.2, 0.25) is 5.91 Å². The molecule has 26 heavy (non-hydrogen) atoms. The van der Waals surface area contributed by atoms with E-state index in [1.165, 1.54) is 5.56 Å². The minimum absolute atomic E-state index is 0. The van der Waals surface area contributed by atoms with Crippen molar-refractivity contribution in [3.05, 3.63) is 54.4 Å². The number of pyridine rings is 1. The van der Waals surface area contributed by atoms with E-state index in [1.807, 2.05) is 36.5 Å². The first-order valence-corrected chi connectivity index (χ1v) is 9.52. The highest BCUT2D eigenvalue weighted by Crippen LogP contribution is 2.23. The molecule has 1 aliphatic rings. The van der Waals surface area contributed by atoms with Gasteiger partial charge in [-0.1, -0.05) is 6.07 Å². The number of hydrogen-bond acceptors (Lipinski definition) is 5. The number of rotatable bonds is 7. The summed E-state index contributed by atoms with van der Waals surface area (Å²) in [5, 5.41) is 6.17. The van der Waals surface area contributed by atoms with Crippen molar-refractivity contribution in [2.24, 2.45) is 0 Å². The fourth-order valence-corrected chi connectivity index (χ4v) is 3.47. The SMILES string of the molecule is Cl.O=C(COC1CCNCC1)Nc1ccc(SCc2cccnc2)cc1. The van der Waals surface area contributed by atoms with Crippen molar-refractivity contribution < 1.29 is 9.53 Å². The summed E-state index contributed by atoms with van der Waals surface area (Å²) in [6.07, 6.45) is 5.79. The number of amides is 1. The molecule has 2 heterocycles. The van der Waals surface area contributed by atoms with Gasteiger partial charge < -0.3 is 15.4 Å². The molecule has 0 radical (unpaired) electrons. The topological polar surface area (TPSA) is 63.2 Å². The molecule has 1 amide bonds. The largest absolute Gasteiger partial charge is 0.368 e. The molecule has 0 aliphatic carbocycles. The minimum Gasteiger partial charge on any atom is -0.368 e. The van der Waals surface area contributed by atoms with Crippen LogP contribution in [0.5, 0.6) is 0 Å². The second-order valence-corrected chi connectivity index (χ2v) is 7.03. The Labute approximate surface area is 164 Å². The zero-order chi connectivity index (χ0) is 17.3. The summed E-state index contributed by atoms with van der Waals surface area (Å²) in [6, 6.07) is 11.9. The second-order valence-electron chi connectivity index (χ2n) is 5.98. The zero-order valence-corrected chi connectivity index (χ0v) is 16.2. The highest BCUT2D eigenvalue weighted by atomic mass is 35.5. The van der Waals surface area contributed by atoms with Gasteiger partial charge in [-0.05, 0) is 61.8 Å². The summed E-state index contributed by atoms with van der Waals surface area (Å²) in [5.74, 6) is 0.776. The molecule has 3 rings (SSSR count). The van der Waals surface area contributed by atoms with E-state index in [0.717, 1.165) is 42.3 Å². The van der Waals surface area contributed by atoms with Crippen LogP contribution >= 0.6 is 24.2 Å². The van der Waals surface area contributed by atoms with Gasteiger partial charge >= 0.3 is 0 Å². The van der Waals surface area contributed by atoms with E-state index in [-0.39, 0.29) is 31.0 Å². The van der Waals surface area contributed by atoms with Crippen molar-refractivity contribution >= 4 is 35.8 Å². The Morgan fingerprint density at radius 1 is 1.23 bits per heavy atom. The van der Waals surface area contributed by atoms with Gasteiger partial charge in [-0.2, -0.15) is 0 Å². The van der Waals surface area contributed by atoms with Crippen LogP contribution in [-0.2, 0) is 15.3 Å². The van der Waals surface area contributed by atoms with E-state index in [4.69, 9.17) is 4.74 Å². The molecule has 1 fully saturated rings. The third-order valence-corrected chi connectivity index (χ3v) is 5.09. The van der Waals surface area contributed by atoms with Gasteiger partial charge in [0.1, 0.15) is 6.61 Å². The number of hydrogen-bond donors (Lipinski definition) is 2. The molecule has 5 nitrogen and oxygen atoms in total. The third kappa shape index (κ3) is 6.96. The van der Waals surface area contributed by atoms with Crippen LogP contribution in [-0.4, -0.2) is 36.7 Å². The second kappa shape index (κ2) is 11.2. The number of benzene rings is 1. The first-order valence-electron chi connectivity index (χ1n) is 8.53. The summed E-state index contributed by atoms with van der Waals surface area (Å²) < 4.78 is 5.67. The van der Waals surface area contributed by atoms with Gasteiger partial charge in [-0.15, -0.1) is 24.2 Å². The first-order chi connectivity index (χ1) is 12.3. The van der Waals surface area contributed by atoms with Gasteiger partial charge in [0.15, 0.2) is 0 Å². The molecular weight excluding hydrogens is 370 g/mol. The molecule has 140 valence electrons. The molecule has 0 bridgehead atoms. The van der Waals surface area contributed by atoms with Gasteiger partial charge in [0.05, 0.1) is 6.10 Å². The Hall–Kier alpha value is -1.60. The van der Waals surface area contributed by atoms with E-state index >= 15 is 0 Å². The average molecular weight is 394 g/mol. The number of thioether (sulfide) groups is 1. The smallest absolute Gasteiger partial charge is 0.250 e. The van der Waals surface area contributed by atoms with Gasteiger partial charge in [-0.3, -0.25) is 9.78 Å². The molecule has 1 saturated heterocycles. The van der Waals surface area contributed by atoms with Crippen molar-refractivity contribution in [3.8, 4) is 0 Å². The molecule has 0 atom stereocenters. The number of ether oxygens (including phenoxy) is 1. The molecule has 2 aromatic rings. The molecule has 7 heteroatoms. The van der Waals surface area contributed by atoms with Crippen LogP contribution < -0.4 is 10.6 Å². The lowest BCUT2D eigenvalue weighted by Crippen LogP contribution is -2.34. The van der Waals surface area contributed by atoms with Crippen LogP contribution in [0.1, 0.15) is 18.4 Å². The first kappa shape index (κ1) is 20.7. The number of carbonyl (C=O) groups excluding carboxylic acids is 1. The number of aromatic nitrogens is 1. The Kier molecular flexibility index (Phi) is 8.91. The fraction of sp³-hybridized carbons (Fsp3) is 0.368. The highest BCUT2D eigenvalue weighted by Gasteiger charge is 2.14. The number of halogens is 1. The summed E-state index contributed by atoms with van der Waals surface area (Å²) in [4.78, 5) is 17.3. The van der Waals surface area contributed by atoms with Crippen LogP contribution in [0.25, 0.3) is 0 Å². The van der Waals surface area contributed by atoms with Crippen molar-refractivity contribution in [3.63, 3.8) is 0 Å². The maximum absolute atomic E-state index is 12.0. The Morgan fingerprint density at radius 3 is 2.69 bits per heavy atom. The number of carbonyl (C=O) groups is 1. The quantitative estimate of drug-likeness (QED) is 0.705. The molecule has 2 N–H and O–H groups in total. The van der Waals surface area contributed by atoms with E-state index in [2.05, 4.69) is 21.7 Å². The average Bonchev–Trinajstić information content (AvgIpc) is 2.67. The minimum atomic E-state index is -0.103. The van der Waals surface area contributed by atoms with E-state index < -0.39 is 0 Å². The summed E-state index contributed by atoms with van der Waals surface area (Å²) in [5.41, 5.74) is 1.99. The number of piperidine rings is 1. The van der Waals surface area contributed by atoms with Crippen LogP contribution in [0, 0.1) is 0 Å². The number of nitrogens with one attached hydrogen (secondary N) is 2. The predicted molar refractivity (Wildman–Crippen MR) is 108 cm³/mol. The van der Waals surface area contributed by atoms with Crippen molar-refractivity contribution in [2.45, 2.75) is 29.6 Å². The molecule has 1 aliphatic heterocycles. The molecule has 1 aromatic carbocycles. The Morgan fingerprint density at radius 2 is 2.00 bits per heavy atom. The maximum atomic E-state index is 12.0. The lowest BCUT2D eigenvalue weighted by molar-refractivity contribution is -0.123. The molecular formula is C19H24ClN3O2S. The maximum Gasteiger partial charge on any atom is 0.250 e. The van der Waals surface area contributed by atoms with Crippen LogP contribution in [0.3, 0.4) is 0 Å². The third-order valence-electron chi connectivity index (χ3n) is 4.00. The fourth-order valence-electron chi connectivity index (χ4n) is 2.64. The van der Waals surface area contributed by atoms with Gasteiger partial charge in [0.25, 0.3) is 0 Å².